The standard InChI is InChI=1S/C24H24N2O3/c27-23(22-7-4-16-29-22)25-21-10-8-20(9-11-21)24(28)26-14-12-19(13-15-26)17-18-5-2-1-3-6-18/h1-11,16,19H,12-15,17H2,(H,25,27). The average molecular weight is 388 g/mol. The molecule has 0 radical (unpaired) electrons. The summed E-state index contributed by atoms with van der Waals surface area (Å²) in [6.07, 6.45) is 4.59. The molecule has 1 aliphatic rings. The van der Waals surface area contributed by atoms with Gasteiger partial charge in [0.1, 0.15) is 0 Å². The number of amides is 2. The fourth-order valence-corrected chi connectivity index (χ4v) is 3.77. The lowest BCUT2D eigenvalue weighted by atomic mass is 9.90. The number of nitrogens with zero attached hydrogens (tertiary/aromatic N) is 1. The third-order valence-corrected chi connectivity index (χ3v) is 5.40. The smallest absolute Gasteiger partial charge is 0.291 e. The summed E-state index contributed by atoms with van der Waals surface area (Å²) in [5.41, 5.74) is 2.64. The first-order valence-electron chi connectivity index (χ1n) is 9.97. The fourth-order valence-electron chi connectivity index (χ4n) is 3.77. The number of rotatable bonds is 5. The zero-order valence-electron chi connectivity index (χ0n) is 16.2. The number of anilines is 1. The van der Waals surface area contributed by atoms with Crippen molar-refractivity contribution in [1.82, 2.24) is 4.90 Å². The van der Waals surface area contributed by atoms with Crippen LogP contribution in [-0.4, -0.2) is 29.8 Å². The lowest BCUT2D eigenvalue weighted by Crippen LogP contribution is -2.38. The number of carbonyl (C=O) groups excluding carboxylic acids is 2. The number of benzene rings is 2. The molecule has 1 fully saturated rings. The first kappa shape index (κ1) is 19.0. The van der Waals surface area contributed by atoms with Gasteiger partial charge in [0.15, 0.2) is 5.76 Å². The summed E-state index contributed by atoms with van der Waals surface area (Å²) >= 11 is 0. The Kier molecular flexibility index (Phi) is 5.75. The van der Waals surface area contributed by atoms with Crippen LogP contribution in [0.4, 0.5) is 5.69 Å². The van der Waals surface area contributed by atoms with Gasteiger partial charge in [0, 0.05) is 24.3 Å². The van der Waals surface area contributed by atoms with E-state index in [1.807, 2.05) is 11.0 Å². The van der Waals surface area contributed by atoms with Crippen molar-refractivity contribution in [1.29, 1.82) is 0 Å². The maximum absolute atomic E-state index is 12.8. The third kappa shape index (κ3) is 4.74. The second-order valence-electron chi connectivity index (χ2n) is 7.43. The highest BCUT2D eigenvalue weighted by Crippen LogP contribution is 2.23. The molecule has 1 aromatic heterocycles. The van der Waals surface area contributed by atoms with E-state index in [1.165, 1.54) is 11.8 Å². The van der Waals surface area contributed by atoms with E-state index in [4.69, 9.17) is 4.42 Å². The number of carbonyl (C=O) groups is 2. The molecule has 1 saturated heterocycles. The van der Waals surface area contributed by atoms with Crippen molar-refractivity contribution in [2.75, 3.05) is 18.4 Å². The van der Waals surface area contributed by atoms with Crippen LogP contribution in [0.15, 0.2) is 77.4 Å². The predicted octanol–water partition coefficient (Wildman–Crippen LogP) is 4.63. The Hall–Kier alpha value is -3.34. The molecule has 2 aromatic carbocycles. The number of hydrogen-bond donors (Lipinski definition) is 1. The molecular formula is C24H24N2O3. The molecule has 0 aliphatic carbocycles. The van der Waals surface area contributed by atoms with Gasteiger partial charge in [-0.1, -0.05) is 30.3 Å². The maximum Gasteiger partial charge on any atom is 0.291 e. The van der Waals surface area contributed by atoms with Gasteiger partial charge in [0.25, 0.3) is 11.8 Å². The van der Waals surface area contributed by atoms with E-state index in [1.54, 1.807) is 36.4 Å². The molecule has 4 rings (SSSR count). The molecule has 148 valence electrons. The molecule has 1 N–H and O–H groups in total. The summed E-state index contributed by atoms with van der Waals surface area (Å²) in [6.45, 7) is 1.57. The number of nitrogens with one attached hydrogen (secondary N) is 1. The van der Waals surface area contributed by atoms with E-state index in [0.717, 1.165) is 32.4 Å². The quantitative estimate of drug-likeness (QED) is 0.693. The van der Waals surface area contributed by atoms with E-state index in [9.17, 15) is 9.59 Å². The molecule has 5 heteroatoms. The predicted molar refractivity (Wildman–Crippen MR) is 112 cm³/mol. The minimum absolute atomic E-state index is 0.0482. The molecule has 1 aliphatic heterocycles. The summed E-state index contributed by atoms with van der Waals surface area (Å²) in [5, 5.41) is 2.76. The highest BCUT2D eigenvalue weighted by molar-refractivity contribution is 6.02. The summed E-state index contributed by atoms with van der Waals surface area (Å²) in [5.74, 6) is 0.616. The van der Waals surface area contributed by atoms with Gasteiger partial charge < -0.3 is 14.6 Å². The molecule has 0 spiro atoms. The number of likely N-dealkylation sites (tertiary alicyclic amines) is 1. The first-order chi connectivity index (χ1) is 14.2. The Labute approximate surface area is 170 Å². The van der Waals surface area contributed by atoms with Crippen LogP contribution >= 0.6 is 0 Å². The van der Waals surface area contributed by atoms with Crippen molar-refractivity contribution in [2.45, 2.75) is 19.3 Å². The van der Waals surface area contributed by atoms with Crippen LogP contribution in [0.5, 0.6) is 0 Å². The zero-order chi connectivity index (χ0) is 20.1. The summed E-state index contributed by atoms with van der Waals surface area (Å²) in [4.78, 5) is 26.8. The topological polar surface area (TPSA) is 62.6 Å². The van der Waals surface area contributed by atoms with Crippen LogP contribution in [-0.2, 0) is 6.42 Å². The van der Waals surface area contributed by atoms with Gasteiger partial charge in [-0.3, -0.25) is 9.59 Å². The minimum Gasteiger partial charge on any atom is -0.459 e. The Morgan fingerprint density at radius 3 is 2.31 bits per heavy atom. The number of furan rings is 1. The summed E-state index contributed by atoms with van der Waals surface area (Å²) in [7, 11) is 0. The highest BCUT2D eigenvalue weighted by Gasteiger charge is 2.23. The minimum atomic E-state index is -0.311. The molecule has 0 atom stereocenters. The van der Waals surface area contributed by atoms with Crippen molar-refractivity contribution in [3.8, 4) is 0 Å². The van der Waals surface area contributed by atoms with Crippen LogP contribution < -0.4 is 5.32 Å². The van der Waals surface area contributed by atoms with Gasteiger partial charge in [-0.15, -0.1) is 0 Å². The fraction of sp³-hybridized carbons (Fsp3) is 0.250. The van der Waals surface area contributed by atoms with Gasteiger partial charge in [-0.2, -0.15) is 0 Å². The van der Waals surface area contributed by atoms with Crippen LogP contribution in [0.2, 0.25) is 0 Å². The Morgan fingerprint density at radius 1 is 0.931 bits per heavy atom. The van der Waals surface area contributed by atoms with Crippen LogP contribution in [0.25, 0.3) is 0 Å². The Morgan fingerprint density at radius 2 is 1.66 bits per heavy atom. The molecule has 29 heavy (non-hydrogen) atoms. The molecule has 2 amide bonds. The zero-order valence-corrected chi connectivity index (χ0v) is 16.2. The van der Waals surface area contributed by atoms with Gasteiger partial charge in [0.05, 0.1) is 6.26 Å². The van der Waals surface area contributed by atoms with Crippen molar-refractivity contribution in [2.24, 2.45) is 5.92 Å². The molecular weight excluding hydrogens is 364 g/mol. The average Bonchev–Trinajstić information content (AvgIpc) is 3.30. The third-order valence-electron chi connectivity index (χ3n) is 5.40. The monoisotopic (exact) mass is 388 g/mol. The van der Waals surface area contributed by atoms with Crippen molar-refractivity contribution in [3.63, 3.8) is 0 Å². The molecule has 3 aromatic rings. The van der Waals surface area contributed by atoms with Crippen molar-refractivity contribution < 1.29 is 14.0 Å². The summed E-state index contributed by atoms with van der Waals surface area (Å²) < 4.78 is 5.08. The molecule has 5 nitrogen and oxygen atoms in total. The van der Waals surface area contributed by atoms with E-state index in [2.05, 4.69) is 29.6 Å². The van der Waals surface area contributed by atoms with Crippen LogP contribution in [0, 0.1) is 5.92 Å². The normalized spacial score (nSPS) is 14.6. The number of hydrogen-bond acceptors (Lipinski definition) is 3. The molecule has 0 saturated carbocycles. The largest absolute Gasteiger partial charge is 0.459 e. The van der Waals surface area contributed by atoms with Crippen LogP contribution in [0.1, 0.15) is 39.3 Å². The van der Waals surface area contributed by atoms with Crippen LogP contribution in [0.3, 0.4) is 0 Å². The SMILES string of the molecule is O=C(Nc1ccc(C(=O)N2CCC(Cc3ccccc3)CC2)cc1)c1ccco1. The second kappa shape index (κ2) is 8.78. The molecule has 0 bridgehead atoms. The van der Waals surface area contributed by atoms with E-state index >= 15 is 0 Å². The van der Waals surface area contributed by atoms with Crippen molar-refractivity contribution in [3.05, 3.63) is 89.9 Å². The lowest BCUT2D eigenvalue weighted by molar-refractivity contribution is 0.0690. The van der Waals surface area contributed by atoms with E-state index < -0.39 is 0 Å². The van der Waals surface area contributed by atoms with Crippen molar-refractivity contribution >= 4 is 17.5 Å². The lowest BCUT2D eigenvalue weighted by Gasteiger charge is -2.32. The highest BCUT2D eigenvalue weighted by atomic mass is 16.3. The summed E-state index contributed by atoms with van der Waals surface area (Å²) in [6, 6.07) is 20.8. The Bertz CT molecular complexity index is 942. The van der Waals surface area contributed by atoms with Gasteiger partial charge in [0.2, 0.25) is 0 Å². The van der Waals surface area contributed by atoms with E-state index in [-0.39, 0.29) is 17.6 Å². The second-order valence-corrected chi connectivity index (χ2v) is 7.43. The molecule has 2 heterocycles. The van der Waals surface area contributed by atoms with Gasteiger partial charge in [-0.05, 0) is 67.1 Å². The maximum atomic E-state index is 12.8. The van der Waals surface area contributed by atoms with Gasteiger partial charge in [-0.25, -0.2) is 0 Å². The van der Waals surface area contributed by atoms with E-state index in [0.29, 0.717) is 17.2 Å². The number of piperidine rings is 1. The van der Waals surface area contributed by atoms with Gasteiger partial charge >= 0.3 is 0 Å². The molecule has 0 unspecified atom stereocenters. The Balaban J connectivity index is 1.30. The first-order valence-corrected chi connectivity index (χ1v) is 9.97.